The highest BCUT2D eigenvalue weighted by Gasteiger charge is 2.31. The van der Waals surface area contributed by atoms with Gasteiger partial charge in [-0.3, -0.25) is 4.99 Å². The van der Waals surface area contributed by atoms with Crippen molar-refractivity contribution in [3.8, 4) is 11.1 Å². The number of rotatable bonds is 7. The van der Waals surface area contributed by atoms with Crippen molar-refractivity contribution in [1.82, 2.24) is 10.4 Å². The van der Waals surface area contributed by atoms with Crippen LogP contribution in [0.1, 0.15) is 51.8 Å². The van der Waals surface area contributed by atoms with E-state index in [2.05, 4.69) is 167 Å². The summed E-state index contributed by atoms with van der Waals surface area (Å²) in [6.07, 6.45) is 1.65. The van der Waals surface area contributed by atoms with Gasteiger partial charge in [-0.1, -0.05) is 146 Å². The Hall–Kier alpha value is -5.75. The van der Waals surface area contributed by atoms with Crippen LogP contribution in [-0.4, -0.2) is 10.7 Å². The van der Waals surface area contributed by atoms with Gasteiger partial charge in [0, 0.05) is 16.8 Å². The fraction of sp³-hybridized carbons (Fsp3) is 0.0714. The van der Waals surface area contributed by atoms with Gasteiger partial charge in [0.2, 0.25) is 0 Å². The summed E-state index contributed by atoms with van der Waals surface area (Å²) in [7, 11) is 0. The topological polar surface area (TPSA) is 65.7 Å². The first-order chi connectivity index (χ1) is 23.2. The molecule has 2 unspecified atom stereocenters. The van der Waals surface area contributed by atoms with Crippen LogP contribution in [0.2, 0.25) is 0 Å². The Morgan fingerprint density at radius 1 is 0.574 bits per heavy atom. The van der Waals surface area contributed by atoms with Crippen molar-refractivity contribution in [2.75, 3.05) is 5.32 Å². The molecule has 2 aliphatic heterocycles. The van der Waals surface area contributed by atoms with Crippen molar-refractivity contribution in [2.45, 2.75) is 18.4 Å². The number of hydrogen-bond donors (Lipinski definition) is 3. The molecule has 47 heavy (non-hydrogen) atoms. The minimum absolute atomic E-state index is 0.0229. The Bertz CT molecular complexity index is 2070. The lowest BCUT2D eigenvalue weighted by atomic mass is 9.96. The minimum atomic E-state index is -0.393. The second-order valence-corrected chi connectivity index (χ2v) is 12.0. The van der Waals surface area contributed by atoms with Gasteiger partial charge in [0.05, 0.1) is 17.5 Å². The zero-order valence-electron chi connectivity index (χ0n) is 25.9. The van der Waals surface area contributed by atoms with E-state index in [4.69, 9.17) is 10.7 Å². The third kappa shape index (κ3) is 5.74. The lowest BCUT2D eigenvalue weighted by molar-refractivity contribution is 0.138. The normalized spacial score (nSPS) is 17.9. The van der Waals surface area contributed by atoms with Crippen LogP contribution in [0.4, 0.5) is 5.69 Å². The maximum absolute atomic E-state index is 7.08. The summed E-state index contributed by atoms with van der Waals surface area (Å²) in [6.45, 7) is 0. The molecule has 4 N–H and O–H groups in total. The van der Waals surface area contributed by atoms with E-state index in [-0.39, 0.29) is 12.2 Å². The number of hydrazine groups is 1. The van der Waals surface area contributed by atoms with Gasteiger partial charge in [-0.05, 0) is 57.7 Å². The number of aliphatic imine (C=N–C) groups is 1. The number of hydrogen-bond acceptors (Lipinski definition) is 5. The molecule has 2 aliphatic rings. The maximum atomic E-state index is 7.08. The van der Waals surface area contributed by atoms with Crippen LogP contribution in [0.3, 0.4) is 0 Å². The molecule has 2 heterocycles. The molecule has 228 valence electrons. The summed E-state index contributed by atoms with van der Waals surface area (Å²) < 4.78 is 0. The summed E-state index contributed by atoms with van der Waals surface area (Å²) >= 11 is 0. The Balaban J connectivity index is 1.10. The molecular formula is C42H35N5. The average Bonchev–Trinajstić information content (AvgIpc) is 3.61. The number of anilines is 1. The molecule has 5 heteroatoms. The van der Waals surface area contributed by atoms with Crippen LogP contribution in [0.15, 0.2) is 175 Å². The third-order valence-corrected chi connectivity index (χ3v) is 8.94. The van der Waals surface area contributed by atoms with Crippen molar-refractivity contribution in [3.05, 3.63) is 203 Å². The van der Waals surface area contributed by atoms with Crippen molar-refractivity contribution < 1.29 is 0 Å². The van der Waals surface area contributed by atoms with E-state index in [1.54, 1.807) is 0 Å². The number of fused-ring (bicyclic) bond motifs is 1. The first-order valence-corrected chi connectivity index (χ1v) is 16.0. The Kier molecular flexibility index (Phi) is 7.67. The van der Waals surface area contributed by atoms with Gasteiger partial charge in [-0.25, -0.2) is 0 Å². The van der Waals surface area contributed by atoms with Gasteiger partial charge in [0.25, 0.3) is 0 Å². The van der Waals surface area contributed by atoms with Gasteiger partial charge in [0.1, 0.15) is 12.3 Å². The molecule has 8 rings (SSSR count). The van der Waals surface area contributed by atoms with E-state index in [0.29, 0.717) is 0 Å². The van der Waals surface area contributed by atoms with Crippen LogP contribution >= 0.6 is 0 Å². The van der Waals surface area contributed by atoms with Crippen LogP contribution in [0.5, 0.6) is 0 Å². The zero-order chi connectivity index (χ0) is 31.6. The lowest BCUT2D eigenvalue weighted by Gasteiger charge is -2.31. The maximum Gasteiger partial charge on any atom is 0.145 e. The van der Waals surface area contributed by atoms with Crippen molar-refractivity contribution in [1.29, 1.82) is 0 Å². The highest BCUT2D eigenvalue weighted by atomic mass is 15.6. The second kappa shape index (κ2) is 12.6. The van der Waals surface area contributed by atoms with E-state index >= 15 is 0 Å². The van der Waals surface area contributed by atoms with E-state index in [0.717, 1.165) is 56.0 Å². The van der Waals surface area contributed by atoms with Crippen LogP contribution in [-0.2, 0) is 0 Å². The molecule has 0 amide bonds. The highest BCUT2D eigenvalue weighted by molar-refractivity contribution is 6.16. The Morgan fingerprint density at radius 3 is 1.94 bits per heavy atom. The quantitative estimate of drug-likeness (QED) is 0.169. The Morgan fingerprint density at radius 2 is 1.17 bits per heavy atom. The van der Waals surface area contributed by atoms with Gasteiger partial charge in [0.15, 0.2) is 0 Å². The van der Waals surface area contributed by atoms with Gasteiger partial charge in [-0.15, -0.1) is 0 Å². The van der Waals surface area contributed by atoms with E-state index in [1.807, 2.05) is 18.2 Å². The highest BCUT2D eigenvalue weighted by Crippen LogP contribution is 2.37. The molecule has 0 spiro atoms. The summed E-state index contributed by atoms with van der Waals surface area (Å²) in [5, 5.41) is 5.82. The van der Waals surface area contributed by atoms with Crippen molar-refractivity contribution >= 4 is 17.1 Å². The largest absolute Gasteiger partial charge is 0.360 e. The molecule has 0 aromatic heterocycles. The molecule has 0 fully saturated rings. The molecule has 5 nitrogen and oxygen atoms in total. The average molecular weight is 610 g/mol. The van der Waals surface area contributed by atoms with Crippen LogP contribution in [0.25, 0.3) is 16.8 Å². The third-order valence-electron chi connectivity index (χ3n) is 8.94. The smallest absolute Gasteiger partial charge is 0.145 e. The van der Waals surface area contributed by atoms with Gasteiger partial charge < -0.3 is 16.5 Å². The fourth-order valence-electron chi connectivity index (χ4n) is 6.54. The molecule has 6 aromatic carbocycles. The molecule has 0 radical (unpaired) electrons. The van der Waals surface area contributed by atoms with Crippen LogP contribution in [0, 0.1) is 0 Å². The monoisotopic (exact) mass is 609 g/mol. The lowest BCUT2D eigenvalue weighted by Crippen LogP contribution is -2.41. The number of nitrogens with two attached hydrogens (primary N) is 1. The molecule has 6 aromatic rings. The molecular weight excluding hydrogens is 574 g/mol. The Labute approximate surface area is 275 Å². The summed E-state index contributed by atoms with van der Waals surface area (Å²) in [6, 6.07) is 56.9. The van der Waals surface area contributed by atoms with Crippen molar-refractivity contribution in [2.24, 2.45) is 10.7 Å². The van der Waals surface area contributed by atoms with E-state index in [9.17, 15) is 0 Å². The molecule has 0 saturated heterocycles. The number of nitrogens with zero attached hydrogens (tertiary/aromatic N) is 2. The zero-order valence-corrected chi connectivity index (χ0v) is 25.9. The predicted molar refractivity (Wildman–Crippen MR) is 192 cm³/mol. The number of benzene rings is 6. The summed E-state index contributed by atoms with van der Waals surface area (Å²) in [5.41, 5.74) is 22.7. The predicted octanol–water partition coefficient (Wildman–Crippen LogP) is 8.88. The second-order valence-electron chi connectivity index (χ2n) is 12.0. The minimum Gasteiger partial charge on any atom is -0.360 e. The molecule has 0 bridgehead atoms. The summed E-state index contributed by atoms with van der Waals surface area (Å²) in [5.74, 6) is 0. The summed E-state index contributed by atoms with van der Waals surface area (Å²) in [4.78, 5) is 5.23. The first kappa shape index (κ1) is 28.7. The van der Waals surface area contributed by atoms with Gasteiger partial charge in [-0.2, -0.15) is 5.01 Å². The van der Waals surface area contributed by atoms with Crippen molar-refractivity contribution in [3.63, 3.8) is 0 Å². The van der Waals surface area contributed by atoms with E-state index in [1.165, 1.54) is 5.56 Å². The SMILES string of the molecule is N[C@H](c1cccc(-c2cccc(C3N=C(c4ccccc4)c4ccccc4N3)c2)c1)N1NC(c2ccccc2)=CC1c1ccccc1. The van der Waals surface area contributed by atoms with E-state index < -0.39 is 6.17 Å². The number of para-hydroxylation sites is 1. The fourth-order valence-corrected chi connectivity index (χ4v) is 6.54. The molecule has 3 atom stereocenters. The van der Waals surface area contributed by atoms with Crippen LogP contribution < -0.4 is 16.5 Å². The van der Waals surface area contributed by atoms with Gasteiger partial charge >= 0.3 is 0 Å². The first-order valence-electron chi connectivity index (χ1n) is 16.0. The standard InChI is InChI=1S/C42H35N5/c43-41(47-39(30-16-6-2-7-17-30)28-38(46-47)29-14-4-1-5-15-29)34-22-12-20-32(26-34)33-21-13-23-35(27-33)42-44-37-25-11-10-24-36(37)40(45-42)31-18-8-3-9-19-31/h1-28,39,41-42,44,46H,43H2/t39?,41-,42?/m0/s1. The molecule has 0 aliphatic carbocycles. The molecule has 0 saturated carbocycles. The number of nitrogens with one attached hydrogen (secondary N) is 2.